The van der Waals surface area contributed by atoms with Crippen LogP contribution in [0.2, 0.25) is 0 Å². The van der Waals surface area contributed by atoms with E-state index in [1.165, 1.54) is 6.92 Å². The Labute approximate surface area is 141 Å². The number of anilines is 1. The molecule has 0 saturated carbocycles. The first-order valence-corrected chi connectivity index (χ1v) is 8.98. The average molecular weight is 351 g/mol. The molecule has 0 spiro atoms. The number of hydrogen-bond acceptors (Lipinski definition) is 5. The number of rotatable bonds is 6. The van der Waals surface area contributed by atoms with Gasteiger partial charge in [-0.3, -0.25) is 4.79 Å². The zero-order chi connectivity index (χ0) is 17.9. The van der Waals surface area contributed by atoms with Crippen molar-refractivity contribution in [1.29, 1.82) is 0 Å². The van der Waals surface area contributed by atoms with Gasteiger partial charge in [0.2, 0.25) is 15.9 Å². The second-order valence-corrected chi connectivity index (χ2v) is 7.35. The van der Waals surface area contributed by atoms with E-state index in [-0.39, 0.29) is 29.5 Å². The molecule has 0 aliphatic heterocycles. The number of nitrogens with one attached hydrogen (secondary N) is 2. The summed E-state index contributed by atoms with van der Waals surface area (Å²) in [6, 6.07) is 5.61. The number of benzene rings is 1. The van der Waals surface area contributed by atoms with Crippen LogP contribution in [0.25, 0.3) is 0 Å². The third-order valence-corrected chi connectivity index (χ3v) is 5.38. The first kappa shape index (κ1) is 18.2. The molecule has 0 aliphatic rings. The number of aryl methyl sites for hydroxylation is 4. The highest BCUT2D eigenvalue weighted by atomic mass is 32.2. The molecule has 1 amide bonds. The van der Waals surface area contributed by atoms with Crippen molar-refractivity contribution in [2.24, 2.45) is 0 Å². The molecule has 0 bridgehead atoms. The molecule has 2 rings (SSSR count). The van der Waals surface area contributed by atoms with Crippen LogP contribution in [0.4, 0.5) is 5.69 Å². The van der Waals surface area contributed by atoms with Gasteiger partial charge in [0.25, 0.3) is 0 Å². The molecule has 0 atom stereocenters. The third kappa shape index (κ3) is 4.21. The number of carbonyl (C=O) groups is 1. The maximum Gasteiger partial charge on any atom is 0.245 e. The van der Waals surface area contributed by atoms with Gasteiger partial charge >= 0.3 is 0 Å². The van der Waals surface area contributed by atoms with E-state index >= 15 is 0 Å². The topological polar surface area (TPSA) is 101 Å². The zero-order valence-corrected chi connectivity index (χ0v) is 15.0. The number of amides is 1. The van der Waals surface area contributed by atoms with Crippen molar-refractivity contribution in [3.05, 3.63) is 40.8 Å². The van der Waals surface area contributed by atoms with Crippen LogP contribution < -0.4 is 10.0 Å². The molecule has 1 heterocycles. The molecule has 24 heavy (non-hydrogen) atoms. The SMILES string of the molecule is Cc1ccc(NC(=O)CCNS(=O)(=O)c2c(C)noc2C)cc1C. The molecule has 0 saturated heterocycles. The van der Waals surface area contributed by atoms with Crippen molar-refractivity contribution >= 4 is 21.6 Å². The third-order valence-electron chi connectivity index (χ3n) is 3.67. The number of carbonyl (C=O) groups excluding carboxylic acids is 1. The van der Waals surface area contributed by atoms with Crippen LogP contribution in [-0.4, -0.2) is 26.0 Å². The Kier molecular flexibility index (Phi) is 5.40. The van der Waals surface area contributed by atoms with Crippen molar-refractivity contribution < 1.29 is 17.7 Å². The smallest absolute Gasteiger partial charge is 0.245 e. The van der Waals surface area contributed by atoms with Crippen LogP contribution in [0.1, 0.15) is 29.0 Å². The summed E-state index contributed by atoms with van der Waals surface area (Å²) in [5.41, 5.74) is 3.20. The van der Waals surface area contributed by atoms with E-state index in [9.17, 15) is 13.2 Å². The standard InChI is InChI=1S/C16H21N3O4S/c1-10-5-6-14(9-11(10)2)18-15(20)7-8-17-24(21,22)16-12(3)19-23-13(16)4/h5-6,9,17H,7-8H2,1-4H3,(H,18,20). The number of sulfonamides is 1. The molecule has 2 N–H and O–H groups in total. The summed E-state index contributed by atoms with van der Waals surface area (Å²) in [6.07, 6.45) is 0.0233. The Morgan fingerprint density at radius 3 is 2.46 bits per heavy atom. The van der Waals surface area contributed by atoms with E-state index in [2.05, 4.69) is 15.2 Å². The summed E-state index contributed by atoms with van der Waals surface area (Å²) in [7, 11) is -3.75. The zero-order valence-electron chi connectivity index (χ0n) is 14.1. The summed E-state index contributed by atoms with van der Waals surface area (Å²) in [6.45, 7) is 7.02. The minimum atomic E-state index is -3.75. The van der Waals surface area contributed by atoms with E-state index in [1.54, 1.807) is 6.92 Å². The average Bonchev–Trinajstić information content (AvgIpc) is 2.82. The minimum absolute atomic E-state index is 0.0108. The van der Waals surface area contributed by atoms with E-state index in [0.29, 0.717) is 11.4 Å². The second kappa shape index (κ2) is 7.14. The van der Waals surface area contributed by atoms with Gasteiger partial charge in [-0.2, -0.15) is 0 Å². The minimum Gasteiger partial charge on any atom is -0.360 e. The molecule has 8 heteroatoms. The van der Waals surface area contributed by atoms with Crippen LogP contribution >= 0.6 is 0 Å². The fraction of sp³-hybridized carbons (Fsp3) is 0.375. The lowest BCUT2D eigenvalue weighted by Gasteiger charge is -2.09. The number of hydrogen-bond donors (Lipinski definition) is 2. The van der Waals surface area contributed by atoms with Gasteiger partial charge in [-0.1, -0.05) is 11.2 Å². The predicted molar refractivity (Wildman–Crippen MR) is 90.3 cm³/mol. The van der Waals surface area contributed by atoms with Crippen LogP contribution in [0.15, 0.2) is 27.6 Å². The monoisotopic (exact) mass is 351 g/mol. The normalized spacial score (nSPS) is 11.5. The lowest BCUT2D eigenvalue weighted by molar-refractivity contribution is -0.116. The van der Waals surface area contributed by atoms with Crippen LogP contribution in [0, 0.1) is 27.7 Å². The van der Waals surface area contributed by atoms with E-state index in [1.807, 2.05) is 32.0 Å². The molecule has 7 nitrogen and oxygen atoms in total. The Balaban J connectivity index is 1.91. The maximum atomic E-state index is 12.2. The molecule has 1 aromatic heterocycles. The molecule has 0 radical (unpaired) electrons. The summed E-state index contributed by atoms with van der Waals surface area (Å²) < 4.78 is 31.7. The summed E-state index contributed by atoms with van der Waals surface area (Å²) in [5.74, 6) is -0.0423. The second-order valence-electron chi connectivity index (χ2n) is 5.65. The van der Waals surface area contributed by atoms with Gasteiger partial charge in [0.15, 0.2) is 5.76 Å². The summed E-state index contributed by atoms with van der Waals surface area (Å²) in [5, 5.41) is 6.37. The maximum absolute atomic E-state index is 12.2. The predicted octanol–water partition coefficient (Wildman–Crippen LogP) is 2.22. The highest BCUT2D eigenvalue weighted by Gasteiger charge is 2.23. The fourth-order valence-corrected chi connectivity index (χ4v) is 3.63. The van der Waals surface area contributed by atoms with Crippen molar-refractivity contribution in [3.63, 3.8) is 0 Å². The lowest BCUT2D eigenvalue weighted by Crippen LogP contribution is -2.28. The van der Waals surface area contributed by atoms with E-state index < -0.39 is 10.0 Å². The Morgan fingerprint density at radius 2 is 1.88 bits per heavy atom. The van der Waals surface area contributed by atoms with Crippen molar-refractivity contribution in [1.82, 2.24) is 9.88 Å². The Morgan fingerprint density at radius 1 is 1.17 bits per heavy atom. The van der Waals surface area contributed by atoms with Crippen molar-refractivity contribution in [2.75, 3.05) is 11.9 Å². The highest BCUT2D eigenvalue weighted by Crippen LogP contribution is 2.18. The van der Waals surface area contributed by atoms with E-state index in [4.69, 9.17) is 4.52 Å². The molecule has 2 aromatic rings. The molecule has 0 aliphatic carbocycles. The van der Waals surface area contributed by atoms with Gasteiger partial charge in [0, 0.05) is 18.7 Å². The van der Waals surface area contributed by atoms with Crippen molar-refractivity contribution in [2.45, 2.75) is 39.0 Å². The molecule has 0 fully saturated rings. The largest absolute Gasteiger partial charge is 0.360 e. The quantitative estimate of drug-likeness (QED) is 0.831. The summed E-state index contributed by atoms with van der Waals surface area (Å²) >= 11 is 0. The fourth-order valence-electron chi connectivity index (χ4n) is 2.27. The van der Waals surface area contributed by atoms with Gasteiger partial charge in [-0.25, -0.2) is 13.1 Å². The first-order valence-electron chi connectivity index (χ1n) is 7.50. The molecule has 0 unspecified atom stereocenters. The Hall–Kier alpha value is -2.19. The van der Waals surface area contributed by atoms with Crippen LogP contribution in [0.3, 0.4) is 0 Å². The first-order chi connectivity index (χ1) is 11.2. The molecule has 130 valence electrons. The molecular formula is C16H21N3O4S. The van der Waals surface area contributed by atoms with Crippen molar-refractivity contribution in [3.8, 4) is 0 Å². The van der Waals surface area contributed by atoms with Gasteiger partial charge in [-0.05, 0) is 51.0 Å². The number of aromatic nitrogens is 1. The van der Waals surface area contributed by atoms with Gasteiger partial charge in [0.05, 0.1) is 0 Å². The highest BCUT2D eigenvalue weighted by molar-refractivity contribution is 7.89. The van der Waals surface area contributed by atoms with Crippen LogP contribution in [0.5, 0.6) is 0 Å². The Bertz CT molecular complexity index is 837. The lowest BCUT2D eigenvalue weighted by atomic mass is 10.1. The summed E-state index contributed by atoms with van der Waals surface area (Å²) in [4.78, 5) is 12.0. The number of nitrogens with zero attached hydrogens (tertiary/aromatic N) is 1. The van der Waals surface area contributed by atoms with Gasteiger partial charge in [-0.15, -0.1) is 0 Å². The van der Waals surface area contributed by atoms with E-state index in [0.717, 1.165) is 11.1 Å². The van der Waals surface area contributed by atoms with Crippen LogP contribution in [-0.2, 0) is 14.8 Å². The van der Waals surface area contributed by atoms with Gasteiger partial charge < -0.3 is 9.84 Å². The molecular weight excluding hydrogens is 330 g/mol. The van der Waals surface area contributed by atoms with Gasteiger partial charge in [0.1, 0.15) is 10.6 Å². The molecule has 1 aromatic carbocycles.